The van der Waals surface area contributed by atoms with E-state index in [1.165, 1.54) is 6.92 Å². The fourth-order valence-electron chi connectivity index (χ4n) is 3.48. The molecule has 1 aromatic carbocycles. The summed E-state index contributed by atoms with van der Waals surface area (Å²) in [5.41, 5.74) is 1.89. The van der Waals surface area contributed by atoms with Gasteiger partial charge in [0.1, 0.15) is 6.04 Å². The summed E-state index contributed by atoms with van der Waals surface area (Å²) in [6, 6.07) is 7.44. The zero-order valence-electron chi connectivity index (χ0n) is 13.6. The van der Waals surface area contributed by atoms with Gasteiger partial charge >= 0.3 is 0 Å². The SMILES string of the molecule is CC(=O)NC(C(=O)N(C)c1ccc2[nH]ccc2c1)C1CCCC1. The molecule has 1 aromatic heterocycles. The molecule has 1 fully saturated rings. The number of carbonyl (C=O) groups is 2. The molecule has 1 aliphatic carbocycles. The second-order valence-corrected chi connectivity index (χ2v) is 6.37. The van der Waals surface area contributed by atoms with Crippen molar-refractivity contribution < 1.29 is 9.59 Å². The number of hydrogen-bond donors (Lipinski definition) is 2. The lowest BCUT2D eigenvalue weighted by molar-refractivity contribution is -0.127. The fraction of sp³-hybridized carbons (Fsp3) is 0.444. The molecule has 2 aromatic rings. The minimum Gasteiger partial charge on any atom is -0.361 e. The molecule has 2 N–H and O–H groups in total. The fourth-order valence-corrected chi connectivity index (χ4v) is 3.48. The molecule has 1 saturated carbocycles. The number of fused-ring (bicyclic) bond motifs is 1. The van der Waals surface area contributed by atoms with E-state index in [0.29, 0.717) is 0 Å². The van der Waals surface area contributed by atoms with Crippen LogP contribution in [0, 0.1) is 5.92 Å². The number of H-pyrrole nitrogens is 1. The smallest absolute Gasteiger partial charge is 0.249 e. The summed E-state index contributed by atoms with van der Waals surface area (Å²) in [4.78, 5) is 29.3. The molecule has 3 rings (SSSR count). The molecule has 0 spiro atoms. The number of aromatic amines is 1. The van der Waals surface area contributed by atoms with Crippen molar-refractivity contribution in [1.29, 1.82) is 0 Å². The second kappa shape index (κ2) is 6.44. The number of amides is 2. The Labute approximate surface area is 136 Å². The number of likely N-dealkylation sites (N-methyl/N-ethyl adjacent to an activating group) is 1. The van der Waals surface area contributed by atoms with Gasteiger partial charge in [0.25, 0.3) is 0 Å². The normalized spacial score (nSPS) is 16.4. The van der Waals surface area contributed by atoms with Gasteiger partial charge in [-0.15, -0.1) is 0 Å². The van der Waals surface area contributed by atoms with Crippen molar-refractivity contribution in [2.24, 2.45) is 5.92 Å². The first kappa shape index (κ1) is 15.6. The molecule has 0 aliphatic heterocycles. The Bertz CT molecular complexity index is 716. The lowest BCUT2D eigenvalue weighted by atomic mass is 9.96. The number of aromatic nitrogens is 1. The molecule has 2 amide bonds. The molecule has 5 nitrogen and oxygen atoms in total. The van der Waals surface area contributed by atoms with E-state index in [-0.39, 0.29) is 17.7 Å². The minimum absolute atomic E-state index is 0.0398. The summed E-state index contributed by atoms with van der Waals surface area (Å²) in [5.74, 6) is 0.0524. The summed E-state index contributed by atoms with van der Waals surface area (Å²) < 4.78 is 0. The summed E-state index contributed by atoms with van der Waals surface area (Å²) in [7, 11) is 1.78. The Kier molecular flexibility index (Phi) is 4.37. The molecule has 23 heavy (non-hydrogen) atoms. The number of benzene rings is 1. The van der Waals surface area contributed by atoms with Crippen LogP contribution in [0.5, 0.6) is 0 Å². The number of nitrogens with zero attached hydrogens (tertiary/aromatic N) is 1. The maximum atomic E-state index is 12.9. The third kappa shape index (κ3) is 3.23. The molecular weight excluding hydrogens is 290 g/mol. The molecule has 0 radical (unpaired) electrons. The van der Waals surface area contributed by atoms with Gasteiger partial charge in [-0.2, -0.15) is 0 Å². The van der Waals surface area contributed by atoms with Crippen LogP contribution in [0.2, 0.25) is 0 Å². The maximum absolute atomic E-state index is 12.9. The highest BCUT2D eigenvalue weighted by Crippen LogP contribution is 2.30. The zero-order valence-corrected chi connectivity index (χ0v) is 13.6. The Morgan fingerprint density at radius 3 is 2.70 bits per heavy atom. The Morgan fingerprint density at radius 2 is 2.00 bits per heavy atom. The van der Waals surface area contributed by atoms with E-state index >= 15 is 0 Å². The lowest BCUT2D eigenvalue weighted by Crippen LogP contribution is -2.50. The van der Waals surface area contributed by atoms with Crippen LogP contribution >= 0.6 is 0 Å². The van der Waals surface area contributed by atoms with E-state index in [0.717, 1.165) is 42.3 Å². The lowest BCUT2D eigenvalue weighted by Gasteiger charge is -2.28. The molecule has 1 unspecified atom stereocenters. The average Bonchev–Trinajstić information content (AvgIpc) is 3.21. The number of carbonyl (C=O) groups excluding carboxylic acids is 2. The average molecular weight is 313 g/mol. The molecule has 0 saturated heterocycles. The summed E-state index contributed by atoms with van der Waals surface area (Å²) in [6.45, 7) is 1.47. The van der Waals surface area contributed by atoms with Crippen molar-refractivity contribution in [3.63, 3.8) is 0 Å². The third-order valence-electron chi connectivity index (χ3n) is 4.75. The van der Waals surface area contributed by atoms with E-state index in [9.17, 15) is 9.59 Å². The summed E-state index contributed by atoms with van der Waals surface area (Å²) in [6.07, 6.45) is 6.15. The van der Waals surface area contributed by atoms with E-state index < -0.39 is 6.04 Å². The van der Waals surface area contributed by atoms with E-state index in [2.05, 4.69) is 10.3 Å². The van der Waals surface area contributed by atoms with Gasteiger partial charge in [-0.05, 0) is 43.0 Å². The van der Waals surface area contributed by atoms with Gasteiger partial charge in [0.15, 0.2) is 0 Å². The number of hydrogen-bond acceptors (Lipinski definition) is 2. The Balaban J connectivity index is 1.83. The molecule has 0 bridgehead atoms. The number of nitrogens with one attached hydrogen (secondary N) is 2. The van der Waals surface area contributed by atoms with Crippen molar-refractivity contribution in [1.82, 2.24) is 10.3 Å². The van der Waals surface area contributed by atoms with Crippen LogP contribution < -0.4 is 10.2 Å². The first-order valence-electron chi connectivity index (χ1n) is 8.18. The third-order valence-corrected chi connectivity index (χ3v) is 4.75. The van der Waals surface area contributed by atoms with Crippen molar-refractivity contribution in [3.05, 3.63) is 30.5 Å². The van der Waals surface area contributed by atoms with Crippen LogP contribution in [0.25, 0.3) is 10.9 Å². The van der Waals surface area contributed by atoms with Crippen LogP contribution in [0.4, 0.5) is 5.69 Å². The predicted octanol–water partition coefficient (Wildman–Crippen LogP) is 2.83. The van der Waals surface area contributed by atoms with Crippen LogP contribution in [-0.4, -0.2) is 29.9 Å². The van der Waals surface area contributed by atoms with E-state index in [4.69, 9.17) is 0 Å². The van der Waals surface area contributed by atoms with E-state index in [1.54, 1.807) is 11.9 Å². The predicted molar refractivity (Wildman–Crippen MR) is 91.3 cm³/mol. The standard InChI is InChI=1S/C18H23N3O2/c1-12(22)20-17(13-5-3-4-6-13)18(23)21(2)15-7-8-16-14(11-15)9-10-19-16/h7-11,13,17,19H,3-6H2,1-2H3,(H,20,22). The van der Waals surface area contributed by atoms with Gasteiger partial charge in [-0.1, -0.05) is 12.8 Å². The van der Waals surface area contributed by atoms with Gasteiger partial charge in [-0.25, -0.2) is 0 Å². The summed E-state index contributed by atoms with van der Waals surface area (Å²) in [5, 5.41) is 3.94. The summed E-state index contributed by atoms with van der Waals surface area (Å²) >= 11 is 0. The monoisotopic (exact) mass is 313 g/mol. The van der Waals surface area contributed by atoms with Crippen LogP contribution in [0.15, 0.2) is 30.5 Å². The zero-order chi connectivity index (χ0) is 16.4. The Hall–Kier alpha value is -2.30. The first-order chi connectivity index (χ1) is 11.1. The van der Waals surface area contributed by atoms with Crippen LogP contribution in [-0.2, 0) is 9.59 Å². The van der Waals surface area contributed by atoms with E-state index in [1.807, 2.05) is 30.5 Å². The van der Waals surface area contributed by atoms with Crippen LogP contribution in [0.3, 0.4) is 0 Å². The highest BCUT2D eigenvalue weighted by molar-refractivity contribution is 6.00. The quantitative estimate of drug-likeness (QED) is 0.911. The topological polar surface area (TPSA) is 65.2 Å². The molecule has 1 aliphatic rings. The van der Waals surface area contributed by atoms with Crippen LogP contribution in [0.1, 0.15) is 32.6 Å². The Morgan fingerprint density at radius 1 is 1.26 bits per heavy atom. The van der Waals surface area contributed by atoms with Crippen molar-refractivity contribution in [2.45, 2.75) is 38.6 Å². The highest BCUT2D eigenvalue weighted by atomic mass is 16.2. The maximum Gasteiger partial charge on any atom is 0.249 e. The minimum atomic E-state index is -0.429. The van der Waals surface area contributed by atoms with Gasteiger partial charge in [0, 0.05) is 36.8 Å². The highest BCUT2D eigenvalue weighted by Gasteiger charge is 2.33. The molecule has 1 heterocycles. The molecule has 1 atom stereocenters. The van der Waals surface area contributed by atoms with Crippen molar-refractivity contribution in [3.8, 4) is 0 Å². The second-order valence-electron chi connectivity index (χ2n) is 6.37. The first-order valence-corrected chi connectivity index (χ1v) is 8.18. The van der Waals surface area contributed by atoms with Crippen molar-refractivity contribution in [2.75, 3.05) is 11.9 Å². The molecule has 5 heteroatoms. The molecule has 122 valence electrons. The number of rotatable bonds is 4. The number of anilines is 1. The molecular formula is C18H23N3O2. The van der Waals surface area contributed by atoms with Crippen molar-refractivity contribution >= 4 is 28.4 Å². The van der Waals surface area contributed by atoms with Gasteiger partial charge < -0.3 is 15.2 Å². The largest absolute Gasteiger partial charge is 0.361 e. The van der Waals surface area contributed by atoms with Gasteiger partial charge in [-0.3, -0.25) is 9.59 Å². The van der Waals surface area contributed by atoms with Gasteiger partial charge in [0.2, 0.25) is 11.8 Å². The van der Waals surface area contributed by atoms with Gasteiger partial charge in [0.05, 0.1) is 0 Å².